The van der Waals surface area contributed by atoms with E-state index in [4.69, 9.17) is 5.11 Å². The first-order chi connectivity index (χ1) is 8.65. The summed E-state index contributed by atoms with van der Waals surface area (Å²) in [6.45, 7) is 5.51. The minimum Gasteiger partial charge on any atom is -0.481 e. The largest absolute Gasteiger partial charge is 0.481 e. The number of nitrogens with zero attached hydrogens (tertiary/aromatic N) is 1. The van der Waals surface area contributed by atoms with Crippen LogP contribution in [0.15, 0.2) is 24.3 Å². The second kappa shape index (κ2) is 5.98. The third kappa shape index (κ3) is 3.55. The van der Waals surface area contributed by atoms with E-state index in [1.165, 1.54) is 11.1 Å². The summed E-state index contributed by atoms with van der Waals surface area (Å²) in [6.07, 6.45) is 0.207. The summed E-state index contributed by atoms with van der Waals surface area (Å²) in [5.74, 6) is -0.724. The van der Waals surface area contributed by atoms with Crippen LogP contribution in [-0.4, -0.2) is 41.7 Å². The topological polar surface area (TPSA) is 52.6 Å². The molecule has 1 aromatic rings. The lowest BCUT2D eigenvalue weighted by Gasteiger charge is -2.35. The summed E-state index contributed by atoms with van der Waals surface area (Å²) in [6, 6.07) is 8.54. The maximum atomic E-state index is 10.9. The first kappa shape index (κ1) is 13.1. The molecule has 0 aliphatic carbocycles. The molecule has 2 rings (SSSR count). The Morgan fingerprint density at radius 2 is 2.17 bits per heavy atom. The summed E-state index contributed by atoms with van der Waals surface area (Å²) < 4.78 is 0. The third-order valence-corrected chi connectivity index (χ3v) is 3.39. The lowest BCUT2D eigenvalue weighted by Crippen LogP contribution is -2.51. The van der Waals surface area contributed by atoms with Crippen LogP contribution in [0.3, 0.4) is 0 Å². The number of carbonyl (C=O) groups is 1. The van der Waals surface area contributed by atoms with E-state index in [1.807, 2.05) is 0 Å². The molecule has 1 unspecified atom stereocenters. The van der Waals surface area contributed by atoms with Crippen LogP contribution in [0.2, 0.25) is 0 Å². The fraction of sp³-hybridized carbons (Fsp3) is 0.500. The lowest BCUT2D eigenvalue weighted by molar-refractivity contribution is -0.138. The number of hydrogen-bond acceptors (Lipinski definition) is 3. The molecule has 0 amide bonds. The van der Waals surface area contributed by atoms with Gasteiger partial charge in [-0.05, 0) is 12.5 Å². The first-order valence-electron chi connectivity index (χ1n) is 6.37. The van der Waals surface area contributed by atoms with Crippen molar-refractivity contribution in [2.75, 3.05) is 19.6 Å². The molecule has 0 bridgehead atoms. The van der Waals surface area contributed by atoms with Crippen LogP contribution in [-0.2, 0) is 11.3 Å². The van der Waals surface area contributed by atoms with E-state index in [-0.39, 0.29) is 12.5 Å². The van der Waals surface area contributed by atoms with E-state index in [9.17, 15) is 4.79 Å². The van der Waals surface area contributed by atoms with Gasteiger partial charge in [-0.25, -0.2) is 0 Å². The predicted octanol–water partition coefficient (Wildman–Crippen LogP) is 1.24. The van der Waals surface area contributed by atoms with Gasteiger partial charge in [0.2, 0.25) is 0 Å². The number of carboxylic acids is 1. The maximum Gasteiger partial charge on any atom is 0.304 e. The van der Waals surface area contributed by atoms with Gasteiger partial charge in [-0.15, -0.1) is 0 Å². The molecule has 0 radical (unpaired) electrons. The van der Waals surface area contributed by atoms with Crippen LogP contribution in [0.1, 0.15) is 17.5 Å². The van der Waals surface area contributed by atoms with E-state index >= 15 is 0 Å². The highest BCUT2D eigenvalue weighted by Gasteiger charge is 2.24. The van der Waals surface area contributed by atoms with Gasteiger partial charge in [0.05, 0.1) is 6.42 Å². The average molecular weight is 248 g/mol. The monoisotopic (exact) mass is 248 g/mol. The molecule has 0 aromatic heterocycles. The first-order valence-corrected chi connectivity index (χ1v) is 6.37. The SMILES string of the molecule is Cc1ccc(CN2CCNCC2CC(=O)O)cc1. The normalized spacial score (nSPS) is 20.8. The number of hydrogen-bond donors (Lipinski definition) is 2. The highest BCUT2D eigenvalue weighted by atomic mass is 16.4. The number of piperazine rings is 1. The fourth-order valence-electron chi connectivity index (χ4n) is 2.34. The van der Waals surface area contributed by atoms with Gasteiger partial charge in [0.25, 0.3) is 0 Å². The van der Waals surface area contributed by atoms with Crippen molar-refractivity contribution in [2.24, 2.45) is 0 Å². The standard InChI is InChI=1S/C14H20N2O2/c1-11-2-4-12(5-3-11)10-16-7-6-15-9-13(16)8-14(17)18/h2-5,13,15H,6-10H2,1H3,(H,17,18). The molecule has 98 valence electrons. The summed E-state index contributed by atoms with van der Waals surface area (Å²) in [7, 11) is 0. The molecule has 4 heteroatoms. The highest BCUT2D eigenvalue weighted by molar-refractivity contribution is 5.67. The zero-order valence-corrected chi connectivity index (χ0v) is 10.7. The molecule has 1 aromatic carbocycles. The summed E-state index contributed by atoms with van der Waals surface area (Å²) in [4.78, 5) is 13.1. The van der Waals surface area contributed by atoms with E-state index in [0.717, 1.165) is 26.2 Å². The molecule has 4 nitrogen and oxygen atoms in total. The zero-order chi connectivity index (χ0) is 13.0. The molecular formula is C14H20N2O2. The molecule has 1 saturated heterocycles. The van der Waals surface area contributed by atoms with Gasteiger partial charge in [-0.1, -0.05) is 29.8 Å². The maximum absolute atomic E-state index is 10.9. The minimum absolute atomic E-state index is 0.0950. The number of carboxylic acid groups (broad SMARTS) is 1. The molecule has 1 heterocycles. The summed E-state index contributed by atoms with van der Waals surface area (Å²) >= 11 is 0. The van der Waals surface area contributed by atoms with Gasteiger partial charge in [0.1, 0.15) is 0 Å². The van der Waals surface area contributed by atoms with Gasteiger partial charge in [-0.3, -0.25) is 9.69 Å². The van der Waals surface area contributed by atoms with Crippen molar-refractivity contribution in [1.29, 1.82) is 0 Å². The van der Waals surface area contributed by atoms with Crippen LogP contribution in [0, 0.1) is 6.92 Å². The van der Waals surface area contributed by atoms with Gasteiger partial charge in [0, 0.05) is 32.2 Å². The molecule has 18 heavy (non-hydrogen) atoms. The van der Waals surface area contributed by atoms with Crippen molar-refractivity contribution >= 4 is 5.97 Å². The number of aryl methyl sites for hydroxylation is 1. The molecule has 0 spiro atoms. The van der Waals surface area contributed by atoms with Gasteiger partial charge in [-0.2, -0.15) is 0 Å². The Bertz CT molecular complexity index is 403. The van der Waals surface area contributed by atoms with Gasteiger partial charge in [0.15, 0.2) is 0 Å². The zero-order valence-electron chi connectivity index (χ0n) is 10.7. The van der Waals surface area contributed by atoms with Crippen molar-refractivity contribution in [2.45, 2.75) is 25.9 Å². The van der Waals surface area contributed by atoms with Crippen LogP contribution >= 0.6 is 0 Å². The van der Waals surface area contributed by atoms with E-state index in [2.05, 4.69) is 41.4 Å². The van der Waals surface area contributed by atoms with Crippen LogP contribution in [0.25, 0.3) is 0 Å². The Labute approximate surface area is 108 Å². The second-order valence-electron chi connectivity index (χ2n) is 4.91. The Balaban J connectivity index is 2.00. The summed E-state index contributed by atoms with van der Waals surface area (Å²) in [5, 5.41) is 12.2. The van der Waals surface area contributed by atoms with Gasteiger partial charge < -0.3 is 10.4 Å². The molecule has 1 fully saturated rings. The van der Waals surface area contributed by atoms with Crippen molar-refractivity contribution in [3.05, 3.63) is 35.4 Å². The number of rotatable bonds is 4. The Morgan fingerprint density at radius 1 is 1.44 bits per heavy atom. The average Bonchev–Trinajstić information content (AvgIpc) is 2.34. The van der Waals surface area contributed by atoms with Gasteiger partial charge >= 0.3 is 5.97 Å². The predicted molar refractivity (Wildman–Crippen MR) is 70.5 cm³/mol. The molecule has 1 aliphatic heterocycles. The second-order valence-corrected chi connectivity index (χ2v) is 4.91. The van der Waals surface area contributed by atoms with E-state index in [1.54, 1.807) is 0 Å². The number of nitrogens with one attached hydrogen (secondary N) is 1. The molecule has 0 saturated carbocycles. The quantitative estimate of drug-likeness (QED) is 0.842. The van der Waals surface area contributed by atoms with Crippen molar-refractivity contribution < 1.29 is 9.90 Å². The number of aliphatic carboxylic acids is 1. The Hall–Kier alpha value is -1.39. The van der Waals surface area contributed by atoms with Crippen molar-refractivity contribution in [3.8, 4) is 0 Å². The van der Waals surface area contributed by atoms with Crippen LogP contribution in [0.5, 0.6) is 0 Å². The molecular weight excluding hydrogens is 228 g/mol. The third-order valence-electron chi connectivity index (χ3n) is 3.39. The Morgan fingerprint density at radius 3 is 2.83 bits per heavy atom. The van der Waals surface area contributed by atoms with Crippen LogP contribution < -0.4 is 5.32 Å². The van der Waals surface area contributed by atoms with E-state index in [0.29, 0.717) is 0 Å². The minimum atomic E-state index is -0.724. The van der Waals surface area contributed by atoms with E-state index < -0.39 is 5.97 Å². The molecule has 1 aliphatic rings. The summed E-state index contributed by atoms with van der Waals surface area (Å²) in [5.41, 5.74) is 2.50. The smallest absolute Gasteiger partial charge is 0.304 e. The fourth-order valence-corrected chi connectivity index (χ4v) is 2.34. The lowest BCUT2D eigenvalue weighted by atomic mass is 10.1. The number of benzene rings is 1. The van der Waals surface area contributed by atoms with Crippen molar-refractivity contribution in [1.82, 2.24) is 10.2 Å². The van der Waals surface area contributed by atoms with Crippen LogP contribution in [0.4, 0.5) is 0 Å². The Kier molecular flexibility index (Phi) is 4.33. The van der Waals surface area contributed by atoms with Crippen molar-refractivity contribution in [3.63, 3.8) is 0 Å². The molecule has 1 atom stereocenters. The molecule has 2 N–H and O–H groups in total. The highest BCUT2D eigenvalue weighted by Crippen LogP contribution is 2.13.